The standard InChI is InChI=1S/C12H18ClN3O/c1-8(10-5-4-6-11(13)7-10)16(3)9(2)12(14)15-17/h4-9,17H,1-3H3,(H2,14,15). The summed E-state index contributed by atoms with van der Waals surface area (Å²) in [5.74, 6) is 0.196. The lowest BCUT2D eigenvalue weighted by atomic mass is 10.1. The number of benzene rings is 1. The van der Waals surface area contributed by atoms with E-state index in [1.165, 1.54) is 0 Å². The van der Waals surface area contributed by atoms with Gasteiger partial charge in [-0.3, -0.25) is 4.90 Å². The van der Waals surface area contributed by atoms with Crippen LogP contribution in [0.2, 0.25) is 5.02 Å². The normalized spacial score (nSPS) is 15.9. The third kappa shape index (κ3) is 3.35. The Bertz CT molecular complexity index is 408. The highest BCUT2D eigenvalue weighted by molar-refractivity contribution is 6.30. The maximum absolute atomic E-state index is 8.67. The van der Waals surface area contributed by atoms with Gasteiger partial charge in [0.1, 0.15) is 0 Å². The van der Waals surface area contributed by atoms with Gasteiger partial charge < -0.3 is 10.9 Å². The van der Waals surface area contributed by atoms with Crippen molar-refractivity contribution >= 4 is 17.4 Å². The molecule has 0 aliphatic heterocycles. The molecule has 0 fully saturated rings. The molecule has 0 aliphatic carbocycles. The number of nitrogens with zero attached hydrogens (tertiary/aromatic N) is 2. The Hall–Kier alpha value is -1.26. The summed E-state index contributed by atoms with van der Waals surface area (Å²) < 4.78 is 0. The van der Waals surface area contributed by atoms with Crippen molar-refractivity contribution in [1.29, 1.82) is 0 Å². The zero-order valence-corrected chi connectivity index (χ0v) is 11.0. The molecule has 0 bridgehead atoms. The molecule has 0 aliphatic rings. The number of oxime groups is 1. The van der Waals surface area contributed by atoms with Crippen LogP contribution >= 0.6 is 11.6 Å². The molecule has 5 heteroatoms. The first-order valence-corrected chi connectivity index (χ1v) is 5.80. The van der Waals surface area contributed by atoms with Gasteiger partial charge >= 0.3 is 0 Å². The van der Waals surface area contributed by atoms with Crippen molar-refractivity contribution in [3.05, 3.63) is 34.9 Å². The van der Waals surface area contributed by atoms with E-state index in [2.05, 4.69) is 5.16 Å². The number of likely N-dealkylation sites (N-methyl/N-ethyl adjacent to an activating group) is 1. The van der Waals surface area contributed by atoms with Crippen LogP contribution in [0.3, 0.4) is 0 Å². The SMILES string of the molecule is CC(C(N)=NO)N(C)C(C)c1cccc(Cl)c1. The Labute approximate surface area is 107 Å². The number of hydrogen-bond acceptors (Lipinski definition) is 3. The molecule has 0 aromatic heterocycles. The molecule has 2 unspecified atom stereocenters. The van der Waals surface area contributed by atoms with Gasteiger partial charge in [-0.1, -0.05) is 28.9 Å². The summed E-state index contributed by atoms with van der Waals surface area (Å²) in [5.41, 5.74) is 6.69. The van der Waals surface area contributed by atoms with Gasteiger partial charge in [-0.2, -0.15) is 0 Å². The summed E-state index contributed by atoms with van der Waals surface area (Å²) in [6, 6.07) is 7.66. The average Bonchev–Trinajstić information content (AvgIpc) is 2.35. The van der Waals surface area contributed by atoms with Gasteiger partial charge in [-0.05, 0) is 38.6 Å². The van der Waals surface area contributed by atoms with Gasteiger partial charge in [0, 0.05) is 11.1 Å². The first kappa shape index (κ1) is 13.8. The van der Waals surface area contributed by atoms with E-state index in [-0.39, 0.29) is 17.9 Å². The van der Waals surface area contributed by atoms with Crippen LogP contribution in [0.15, 0.2) is 29.4 Å². The van der Waals surface area contributed by atoms with Gasteiger partial charge in [0.05, 0.1) is 6.04 Å². The van der Waals surface area contributed by atoms with Crippen LogP contribution in [0, 0.1) is 0 Å². The van der Waals surface area contributed by atoms with Gasteiger partial charge in [0.25, 0.3) is 0 Å². The average molecular weight is 256 g/mol. The summed E-state index contributed by atoms with van der Waals surface area (Å²) in [4.78, 5) is 2.01. The lowest BCUT2D eigenvalue weighted by Crippen LogP contribution is -2.41. The predicted octanol–water partition coefficient (Wildman–Crippen LogP) is 2.47. The first-order valence-electron chi connectivity index (χ1n) is 5.42. The van der Waals surface area contributed by atoms with E-state index >= 15 is 0 Å². The lowest BCUT2D eigenvalue weighted by Gasteiger charge is -2.30. The minimum absolute atomic E-state index is 0.129. The van der Waals surface area contributed by atoms with Gasteiger partial charge in [-0.25, -0.2) is 0 Å². The predicted molar refractivity (Wildman–Crippen MR) is 70.5 cm³/mol. The Balaban J connectivity index is 2.86. The van der Waals surface area contributed by atoms with E-state index < -0.39 is 0 Å². The van der Waals surface area contributed by atoms with Crippen molar-refractivity contribution in [3.8, 4) is 0 Å². The van der Waals surface area contributed by atoms with Crippen LogP contribution in [-0.2, 0) is 0 Å². The van der Waals surface area contributed by atoms with Gasteiger partial charge in [0.2, 0.25) is 0 Å². The first-order chi connectivity index (χ1) is 7.97. The molecular weight excluding hydrogens is 238 g/mol. The fourth-order valence-corrected chi connectivity index (χ4v) is 1.83. The minimum Gasteiger partial charge on any atom is -0.409 e. The fraction of sp³-hybridized carbons (Fsp3) is 0.417. The molecular formula is C12H18ClN3O. The Morgan fingerprint density at radius 3 is 2.65 bits per heavy atom. The van der Waals surface area contributed by atoms with E-state index in [4.69, 9.17) is 22.5 Å². The summed E-state index contributed by atoms with van der Waals surface area (Å²) in [7, 11) is 1.92. The number of nitrogens with two attached hydrogens (primary N) is 1. The molecule has 0 radical (unpaired) electrons. The van der Waals surface area contributed by atoms with Crippen LogP contribution < -0.4 is 5.73 Å². The van der Waals surface area contributed by atoms with Crippen LogP contribution in [0.5, 0.6) is 0 Å². The van der Waals surface area contributed by atoms with Crippen molar-refractivity contribution in [2.45, 2.75) is 25.9 Å². The smallest absolute Gasteiger partial charge is 0.156 e. The highest BCUT2D eigenvalue weighted by Gasteiger charge is 2.20. The molecule has 0 heterocycles. The minimum atomic E-state index is -0.144. The van der Waals surface area contributed by atoms with E-state index in [0.29, 0.717) is 5.02 Å². The summed E-state index contributed by atoms with van der Waals surface area (Å²) in [6.07, 6.45) is 0. The molecule has 1 rings (SSSR count). The zero-order valence-electron chi connectivity index (χ0n) is 10.3. The quantitative estimate of drug-likeness (QED) is 0.376. The number of hydrogen-bond donors (Lipinski definition) is 2. The molecule has 3 N–H and O–H groups in total. The summed E-state index contributed by atoms with van der Waals surface area (Å²) in [6.45, 7) is 3.93. The zero-order chi connectivity index (χ0) is 13.0. The number of amidine groups is 1. The van der Waals surface area contributed by atoms with Gasteiger partial charge in [-0.15, -0.1) is 0 Å². The third-order valence-electron chi connectivity index (χ3n) is 3.10. The van der Waals surface area contributed by atoms with E-state index in [1.807, 2.05) is 50.1 Å². The molecule has 1 aromatic carbocycles. The van der Waals surface area contributed by atoms with Crippen molar-refractivity contribution in [2.24, 2.45) is 10.9 Å². The Morgan fingerprint density at radius 1 is 1.47 bits per heavy atom. The molecule has 17 heavy (non-hydrogen) atoms. The van der Waals surface area contributed by atoms with Crippen molar-refractivity contribution < 1.29 is 5.21 Å². The second-order valence-corrected chi connectivity index (χ2v) is 4.53. The van der Waals surface area contributed by atoms with E-state index in [0.717, 1.165) is 5.56 Å². The third-order valence-corrected chi connectivity index (χ3v) is 3.33. The number of halogens is 1. The monoisotopic (exact) mass is 255 g/mol. The maximum Gasteiger partial charge on any atom is 0.156 e. The highest BCUT2D eigenvalue weighted by atomic mass is 35.5. The van der Waals surface area contributed by atoms with Crippen LogP contribution in [0.1, 0.15) is 25.5 Å². The maximum atomic E-state index is 8.67. The molecule has 0 amide bonds. The molecule has 0 saturated heterocycles. The van der Waals surface area contributed by atoms with Crippen molar-refractivity contribution in [1.82, 2.24) is 4.90 Å². The van der Waals surface area contributed by atoms with Crippen LogP contribution in [-0.4, -0.2) is 29.0 Å². The lowest BCUT2D eigenvalue weighted by molar-refractivity contribution is 0.232. The molecule has 4 nitrogen and oxygen atoms in total. The largest absolute Gasteiger partial charge is 0.409 e. The van der Waals surface area contributed by atoms with Crippen LogP contribution in [0.25, 0.3) is 0 Å². The molecule has 0 spiro atoms. The van der Waals surface area contributed by atoms with Crippen LogP contribution in [0.4, 0.5) is 0 Å². The van der Waals surface area contributed by atoms with E-state index in [1.54, 1.807) is 0 Å². The van der Waals surface area contributed by atoms with Crippen molar-refractivity contribution in [3.63, 3.8) is 0 Å². The second kappa shape index (κ2) is 5.89. The Kier molecular flexibility index (Phi) is 4.78. The van der Waals surface area contributed by atoms with E-state index in [9.17, 15) is 0 Å². The summed E-state index contributed by atoms with van der Waals surface area (Å²) >= 11 is 5.96. The van der Waals surface area contributed by atoms with Crippen molar-refractivity contribution in [2.75, 3.05) is 7.05 Å². The molecule has 2 atom stereocenters. The molecule has 94 valence electrons. The topological polar surface area (TPSA) is 61.9 Å². The number of rotatable bonds is 4. The second-order valence-electron chi connectivity index (χ2n) is 4.10. The Morgan fingerprint density at radius 2 is 2.12 bits per heavy atom. The highest BCUT2D eigenvalue weighted by Crippen LogP contribution is 2.23. The molecule has 1 aromatic rings. The molecule has 0 saturated carbocycles. The summed E-state index contributed by atoms with van der Waals surface area (Å²) in [5, 5.41) is 12.4. The van der Waals surface area contributed by atoms with Gasteiger partial charge in [0.15, 0.2) is 5.84 Å². The fourth-order valence-electron chi connectivity index (χ4n) is 1.63.